The average molecular weight is 495 g/mol. The lowest BCUT2D eigenvalue weighted by Gasteiger charge is -2.31. The molecule has 0 bridgehead atoms. The van der Waals surface area contributed by atoms with E-state index in [9.17, 15) is 18.0 Å². The van der Waals surface area contributed by atoms with E-state index in [1.54, 1.807) is 55.5 Å². The van der Waals surface area contributed by atoms with E-state index in [-0.39, 0.29) is 17.3 Å². The molecule has 3 rings (SSSR count). The first kappa shape index (κ1) is 22.5. The van der Waals surface area contributed by atoms with Crippen molar-refractivity contribution in [3.63, 3.8) is 0 Å². The number of benzene rings is 2. The van der Waals surface area contributed by atoms with Crippen LogP contribution in [0.15, 0.2) is 57.9 Å². The molecule has 1 atom stereocenters. The van der Waals surface area contributed by atoms with Gasteiger partial charge in [-0.15, -0.1) is 0 Å². The van der Waals surface area contributed by atoms with Crippen LogP contribution in [-0.4, -0.2) is 44.3 Å². The van der Waals surface area contributed by atoms with Crippen molar-refractivity contribution in [2.75, 3.05) is 25.0 Å². The van der Waals surface area contributed by atoms with Gasteiger partial charge in [0.2, 0.25) is 15.9 Å². The third kappa shape index (κ3) is 5.27. The molecule has 2 aromatic rings. The molecular weight excluding hydrogens is 472 g/mol. The molecule has 1 heterocycles. The summed E-state index contributed by atoms with van der Waals surface area (Å²) in [6, 6.07) is 12.9. The molecule has 1 aliphatic heterocycles. The quantitative estimate of drug-likeness (QED) is 0.618. The number of nitrogens with one attached hydrogen (secondary N) is 1. The molecule has 160 valence electrons. The molecule has 0 spiro atoms. The number of carbonyl (C=O) groups is 2. The molecule has 1 fully saturated rings. The van der Waals surface area contributed by atoms with E-state index in [0.717, 1.165) is 4.47 Å². The first-order valence-corrected chi connectivity index (χ1v) is 11.9. The summed E-state index contributed by atoms with van der Waals surface area (Å²) < 4.78 is 32.9. The molecule has 0 radical (unpaired) electrons. The fraction of sp³-hybridized carbons (Fsp3) is 0.333. The fourth-order valence-electron chi connectivity index (χ4n) is 3.28. The van der Waals surface area contributed by atoms with Crippen LogP contribution in [0.25, 0.3) is 0 Å². The molecule has 0 aliphatic carbocycles. The molecule has 30 heavy (non-hydrogen) atoms. The monoisotopic (exact) mass is 494 g/mol. The Hall–Kier alpha value is -2.23. The van der Waals surface area contributed by atoms with Crippen molar-refractivity contribution in [1.29, 1.82) is 0 Å². The second-order valence-electron chi connectivity index (χ2n) is 6.94. The van der Waals surface area contributed by atoms with E-state index in [1.165, 1.54) is 4.31 Å². The number of anilines is 1. The van der Waals surface area contributed by atoms with Crippen LogP contribution in [0.4, 0.5) is 5.69 Å². The van der Waals surface area contributed by atoms with Crippen molar-refractivity contribution in [3.8, 4) is 0 Å². The van der Waals surface area contributed by atoms with Crippen molar-refractivity contribution < 1.29 is 22.7 Å². The molecule has 0 aromatic heterocycles. The minimum atomic E-state index is -3.66. The Morgan fingerprint density at radius 2 is 1.80 bits per heavy atom. The number of nitrogens with zero attached hydrogens (tertiary/aromatic N) is 1. The van der Waals surface area contributed by atoms with Crippen molar-refractivity contribution in [1.82, 2.24) is 4.31 Å². The number of hydrogen-bond acceptors (Lipinski definition) is 5. The van der Waals surface area contributed by atoms with Gasteiger partial charge in [0.25, 0.3) is 0 Å². The van der Waals surface area contributed by atoms with E-state index < -0.39 is 21.9 Å². The van der Waals surface area contributed by atoms with Gasteiger partial charge in [0.05, 0.1) is 23.0 Å². The molecule has 1 saturated heterocycles. The molecule has 1 aliphatic rings. The lowest BCUT2D eigenvalue weighted by atomic mass is 9.98. The van der Waals surface area contributed by atoms with Gasteiger partial charge in [-0.3, -0.25) is 4.79 Å². The maximum atomic E-state index is 12.9. The number of carbonyl (C=O) groups excluding carboxylic acids is 2. The first-order valence-electron chi connectivity index (χ1n) is 9.65. The molecule has 1 N–H and O–H groups in total. The number of piperidine rings is 1. The predicted octanol–water partition coefficient (Wildman–Crippen LogP) is 3.67. The van der Waals surface area contributed by atoms with Gasteiger partial charge >= 0.3 is 5.97 Å². The number of sulfonamides is 1. The van der Waals surface area contributed by atoms with Gasteiger partial charge in [-0.25, -0.2) is 13.2 Å². The van der Waals surface area contributed by atoms with Crippen molar-refractivity contribution in [2.24, 2.45) is 5.92 Å². The molecule has 2 aromatic carbocycles. The van der Waals surface area contributed by atoms with Crippen molar-refractivity contribution in [3.05, 3.63) is 58.6 Å². The Balaban J connectivity index is 1.65. The van der Waals surface area contributed by atoms with Crippen LogP contribution in [0.3, 0.4) is 0 Å². The van der Waals surface area contributed by atoms with Gasteiger partial charge in [-0.2, -0.15) is 4.31 Å². The van der Waals surface area contributed by atoms with Crippen LogP contribution < -0.4 is 5.32 Å². The smallest absolute Gasteiger partial charge is 0.338 e. The lowest BCUT2D eigenvalue weighted by Crippen LogP contribution is -2.43. The zero-order valence-electron chi connectivity index (χ0n) is 16.5. The highest BCUT2D eigenvalue weighted by Gasteiger charge is 2.33. The van der Waals surface area contributed by atoms with Crippen LogP contribution >= 0.6 is 15.9 Å². The summed E-state index contributed by atoms with van der Waals surface area (Å²) in [6.45, 7) is 2.54. The summed E-state index contributed by atoms with van der Waals surface area (Å²) in [5.41, 5.74) is 0.945. The Morgan fingerprint density at radius 1 is 1.13 bits per heavy atom. The highest BCUT2D eigenvalue weighted by molar-refractivity contribution is 9.10. The van der Waals surface area contributed by atoms with Gasteiger partial charge in [0.15, 0.2) is 0 Å². The number of halogens is 1. The fourth-order valence-corrected chi connectivity index (χ4v) is 5.07. The summed E-state index contributed by atoms with van der Waals surface area (Å²) in [7, 11) is -3.66. The maximum Gasteiger partial charge on any atom is 0.338 e. The largest absolute Gasteiger partial charge is 0.462 e. The van der Waals surface area contributed by atoms with Gasteiger partial charge in [-0.1, -0.05) is 15.9 Å². The van der Waals surface area contributed by atoms with Crippen LogP contribution in [0.2, 0.25) is 0 Å². The number of rotatable bonds is 6. The summed E-state index contributed by atoms with van der Waals surface area (Å²) >= 11 is 3.30. The third-order valence-corrected chi connectivity index (χ3v) is 7.28. The van der Waals surface area contributed by atoms with E-state index in [4.69, 9.17) is 4.74 Å². The number of esters is 1. The summed E-state index contributed by atoms with van der Waals surface area (Å²) in [5.74, 6) is -1.11. The topological polar surface area (TPSA) is 92.8 Å². The number of hydrogen-bond donors (Lipinski definition) is 1. The van der Waals surface area contributed by atoms with E-state index in [0.29, 0.717) is 37.2 Å². The summed E-state index contributed by atoms with van der Waals surface area (Å²) in [4.78, 5) is 24.6. The molecule has 7 nitrogen and oxygen atoms in total. The van der Waals surface area contributed by atoms with E-state index >= 15 is 0 Å². The highest BCUT2D eigenvalue weighted by Crippen LogP contribution is 2.25. The van der Waals surface area contributed by atoms with Crippen molar-refractivity contribution in [2.45, 2.75) is 24.7 Å². The molecule has 9 heteroatoms. The van der Waals surface area contributed by atoms with Gasteiger partial charge in [-0.05, 0) is 68.3 Å². The molecule has 1 amide bonds. The van der Waals surface area contributed by atoms with Crippen molar-refractivity contribution >= 4 is 43.5 Å². The molecule has 0 saturated carbocycles. The predicted molar refractivity (Wildman–Crippen MR) is 117 cm³/mol. The number of amides is 1. The van der Waals surface area contributed by atoms with E-state index in [1.807, 2.05) is 0 Å². The second-order valence-corrected chi connectivity index (χ2v) is 9.80. The Labute approximate surface area is 184 Å². The van der Waals surface area contributed by atoms with Gasteiger partial charge in [0.1, 0.15) is 0 Å². The van der Waals surface area contributed by atoms with Gasteiger partial charge in [0, 0.05) is 23.2 Å². The Morgan fingerprint density at radius 3 is 2.43 bits per heavy atom. The van der Waals surface area contributed by atoms with Crippen LogP contribution in [-0.2, 0) is 19.6 Å². The Kier molecular flexibility index (Phi) is 7.27. The standard InChI is InChI=1S/C21H23BrN2O5S/c1-2-29-21(26)15-5-9-18(10-6-15)23-20(25)16-4-3-13-24(14-16)30(27,28)19-11-7-17(22)8-12-19/h5-12,16H,2-4,13-14H2,1H3,(H,23,25)/t16-/m0/s1. The molecular formula is C21H23BrN2O5S. The first-order chi connectivity index (χ1) is 14.3. The SMILES string of the molecule is CCOC(=O)c1ccc(NC(=O)[C@H]2CCCN(S(=O)(=O)c3ccc(Br)cc3)C2)cc1. The maximum absolute atomic E-state index is 12.9. The zero-order chi connectivity index (χ0) is 21.7. The third-order valence-electron chi connectivity index (χ3n) is 4.87. The minimum absolute atomic E-state index is 0.130. The average Bonchev–Trinajstić information content (AvgIpc) is 2.75. The summed E-state index contributed by atoms with van der Waals surface area (Å²) in [5, 5.41) is 2.81. The normalized spacial score (nSPS) is 17.3. The number of ether oxygens (including phenoxy) is 1. The van der Waals surface area contributed by atoms with Crippen LogP contribution in [0, 0.1) is 5.92 Å². The molecule has 0 unspecified atom stereocenters. The zero-order valence-corrected chi connectivity index (χ0v) is 18.9. The summed E-state index contributed by atoms with van der Waals surface area (Å²) in [6.07, 6.45) is 1.22. The minimum Gasteiger partial charge on any atom is -0.462 e. The second kappa shape index (κ2) is 9.72. The van der Waals surface area contributed by atoms with Crippen LogP contribution in [0.1, 0.15) is 30.1 Å². The van der Waals surface area contributed by atoms with E-state index in [2.05, 4.69) is 21.2 Å². The highest BCUT2D eigenvalue weighted by atomic mass is 79.9. The van der Waals surface area contributed by atoms with Crippen LogP contribution in [0.5, 0.6) is 0 Å². The Bertz CT molecular complexity index is 1010. The lowest BCUT2D eigenvalue weighted by molar-refractivity contribution is -0.120. The van der Waals surface area contributed by atoms with Gasteiger partial charge < -0.3 is 10.1 Å².